The number of ether oxygens (including phenoxy) is 1. The van der Waals surface area contributed by atoms with Crippen molar-refractivity contribution >= 4 is 29.3 Å². The molecular weight excluding hydrogens is 360 g/mol. The number of carbonyl (C=O) groups excluding carboxylic acids is 1. The Kier molecular flexibility index (Phi) is 5.40. The quantitative estimate of drug-likeness (QED) is 0.361. The normalized spacial score (nSPS) is 10.7. The zero-order valence-corrected chi connectivity index (χ0v) is 15.2. The van der Waals surface area contributed by atoms with Gasteiger partial charge in [-0.1, -0.05) is 28.5 Å². The van der Waals surface area contributed by atoms with Crippen LogP contribution < -0.4 is 4.74 Å². The van der Waals surface area contributed by atoms with Crippen molar-refractivity contribution in [2.24, 2.45) is 0 Å². The van der Waals surface area contributed by atoms with Gasteiger partial charge in [0.1, 0.15) is 16.5 Å². The minimum Gasteiger partial charge on any atom is -0.423 e. The number of carbonyl (C=O) groups is 1. The molecule has 0 unspecified atom stereocenters. The molecule has 0 atom stereocenters. The molecule has 2 aromatic heterocycles. The molecule has 5 nitrogen and oxygen atoms in total. The van der Waals surface area contributed by atoms with Crippen LogP contribution in [0, 0.1) is 13.8 Å². The second-order valence-electron chi connectivity index (χ2n) is 5.37. The first-order chi connectivity index (χ1) is 12.0. The maximum Gasteiger partial charge on any atom is 0.346 e. The van der Waals surface area contributed by atoms with E-state index in [2.05, 4.69) is 10.1 Å². The predicted molar refractivity (Wildman–Crippen MR) is 96.2 cm³/mol. The van der Waals surface area contributed by atoms with Crippen molar-refractivity contribution in [3.63, 3.8) is 0 Å². The van der Waals surface area contributed by atoms with Crippen LogP contribution in [0.25, 0.3) is 0 Å². The van der Waals surface area contributed by atoms with Crippen molar-refractivity contribution in [3.05, 3.63) is 70.2 Å². The molecule has 0 aliphatic heterocycles. The van der Waals surface area contributed by atoms with Crippen LogP contribution in [0.3, 0.4) is 0 Å². The van der Waals surface area contributed by atoms with Crippen LogP contribution in [-0.2, 0) is 5.75 Å². The topological polar surface area (TPSA) is 65.2 Å². The number of benzene rings is 1. The van der Waals surface area contributed by atoms with E-state index in [9.17, 15) is 4.79 Å². The Hall–Kier alpha value is -2.31. The van der Waals surface area contributed by atoms with Crippen LogP contribution in [0.5, 0.6) is 5.75 Å². The van der Waals surface area contributed by atoms with E-state index >= 15 is 0 Å². The molecule has 0 bridgehead atoms. The highest BCUT2D eigenvalue weighted by Crippen LogP contribution is 2.27. The number of aromatic nitrogens is 2. The summed E-state index contributed by atoms with van der Waals surface area (Å²) in [5, 5.41) is 5.12. The van der Waals surface area contributed by atoms with E-state index in [-0.39, 0.29) is 0 Å². The van der Waals surface area contributed by atoms with Gasteiger partial charge in [-0.3, -0.25) is 0 Å². The van der Waals surface area contributed by atoms with Gasteiger partial charge in [0.05, 0.1) is 11.3 Å². The van der Waals surface area contributed by atoms with Crippen molar-refractivity contribution in [1.82, 2.24) is 10.1 Å². The van der Waals surface area contributed by atoms with E-state index in [0.29, 0.717) is 27.1 Å². The van der Waals surface area contributed by atoms with Crippen LogP contribution >= 0.6 is 23.4 Å². The monoisotopic (exact) mass is 374 g/mol. The summed E-state index contributed by atoms with van der Waals surface area (Å²) >= 11 is 7.33. The van der Waals surface area contributed by atoms with Gasteiger partial charge in [0.2, 0.25) is 0 Å². The lowest BCUT2D eigenvalue weighted by molar-refractivity contribution is 0.0729. The van der Waals surface area contributed by atoms with E-state index in [4.69, 9.17) is 20.9 Å². The molecule has 3 aromatic rings. The van der Waals surface area contributed by atoms with Gasteiger partial charge in [0.15, 0.2) is 0 Å². The van der Waals surface area contributed by atoms with Gasteiger partial charge in [-0.15, -0.1) is 0 Å². The van der Waals surface area contributed by atoms with Gasteiger partial charge in [-0.05, 0) is 49.7 Å². The number of rotatable bonds is 5. The highest BCUT2D eigenvalue weighted by atomic mass is 35.5. The first-order valence-electron chi connectivity index (χ1n) is 7.51. The second kappa shape index (κ2) is 7.72. The van der Waals surface area contributed by atoms with Crippen molar-refractivity contribution in [1.29, 1.82) is 0 Å². The highest BCUT2D eigenvalue weighted by molar-refractivity contribution is 7.98. The smallest absolute Gasteiger partial charge is 0.346 e. The molecule has 0 spiro atoms. The third-order valence-electron chi connectivity index (χ3n) is 3.36. The van der Waals surface area contributed by atoms with E-state index in [0.717, 1.165) is 17.0 Å². The van der Waals surface area contributed by atoms with Crippen LogP contribution in [-0.4, -0.2) is 16.1 Å². The fourth-order valence-electron chi connectivity index (χ4n) is 2.17. The summed E-state index contributed by atoms with van der Waals surface area (Å²) < 4.78 is 10.5. The van der Waals surface area contributed by atoms with Gasteiger partial charge in [0, 0.05) is 23.0 Å². The number of nitrogens with zero attached hydrogens (tertiary/aromatic N) is 2. The molecule has 128 valence electrons. The second-order valence-corrected chi connectivity index (χ2v) is 6.77. The molecule has 0 N–H and O–H groups in total. The summed E-state index contributed by atoms with van der Waals surface area (Å²) in [6.07, 6.45) is 1.64. The molecule has 7 heteroatoms. The molecule has 0 saturated heterocycles. The SMILES string of the molecule is Cc1cc(CSc2ncccc2C(=O)Oc2ccc(Cl)cc2C)no1. The Bertz CT molecular complexity index is 911. The number of hydrogen-bond donors (Lipinski definition) is 0. The summed E-state index contributed by atoms with van der Waals surface area (Å²) in [4.78, 5) is 16.8. The Balaban J connectivity index is 1.76. The van der Waals surface area contributed by atoms with Gasteiger partial charge >= 0.3 is 5.97 Å². The Morgan fingerprint density at radius 3 is 2.84 bits per heavy atom. The number of pyridine rings is 1. The minimum atomic E-state index is -0.461. The van der Waals surface area contributed by atoms with Crippen molar-refractivity contribution in [3.8, 4) is 5.75 Å². The average Bonchev–Trinajstić information content (AvgIpc) is 3.01. The van der Waals surface area contributed by atoms with Crippen molar-refractivity contribution < 1.29 is 14.1 Å². The molecule has 0 radical (unpaired) electrons. The number of aryl methyl sites for hydroxylation is 2. The average molecular weight is 375 g/mol. The third-order valence-corrected chi connectivity index (χ3v) is 4.64. The van der Waals surface area contributed by atoms with Crippen LogP contribution in [0.1, 0.15) is 27.4 Å². The maximum atomic E-state index is 12.5. The molecule has 2 heterocycles. The van der Waals surface area contributed by atoms with Crippen LogP contribution in [0.15, 0.2) is 52.1 Å². The van der Waals surface area contributed by atoms with Gasteiger partial charge < -0.3 is 9.26 Å². The Morgan fingerprint density at radius 1 is 1.28 bits per heavy atom. The summed E-state index contributed by atoms with van der Waals surface area (Å²) in [5.74, 6) is 1.31. The van der Waals surface area contributed by atoms with Gasteiger partial charge in [-0.2, -0.15) is 0 Å². The Morgan fingerprint density at radius 2 is 2.12 bits per heavy atom. The van der Waals surface area contributed by atoms with E-state index in [1.165, 1.54) is 11.8 Å². The predicted octanol–water partition coefficient (Wildman–Crippen LogP) is 4.85. The lowest BCUT2D eigenvalue weighted by atomic mass is 10.2. The highest BCUT2D eigenvalue weighted by Gasteiger charge is 2.17. The van der Waals surface area contributed by atoms with E-state index in [1.54, 1.807) is 36.5 Å². The Labute approximate surface area is 154 Å². The summed E-state index contributed by atoms with van der Waals surface area (Å²) in [6.45, 7) is 3.67. The molecule has 3 rings (SSSR count). The van der Waals surface area contributed by atoms with E-state index in [1.807, 2.05) is 19.9 Å². The molecule has 0 aliphatic rings. The zero-order chi connectivity index (χ0) is 17.8. The number of thioether (sulfide) groups is 1. The standard InChI is InChI=1S/C18H15ClN2O3S/c1-11-8-13(19)5-6-16(11)23-18(22)15-4-3-7-20-17(15)25-10-14-9-12(2)24-21-14/h3-9H,10H2,1-2H3. The van der Waals surface area contributed by atoms with Crippen molar-refractivity contribution in [2.45, 2.75) is 24.6 Å². The third kappa shape index (κ3) is 4.41. The largest absolute Gasteiger partial charge is 0.423 e. The summed E-state index contributed by atoms with van der Waals surface area (Å²) in [7, 11) is 0. The zero-order valence-electron chi connectivity index (χ0n) is 13.7. The summed E-state index contributed by atoms with van der Waals surface area (Å²) in [5.41, 5.74) is 1.99. The van der Waals surface area contributed by atoms with E-state index < -0.39 is 5.97 Å². The maximum absolute atomic E-state index is 12.5. The van der Waals surface area contributed by atoms with Crippen molar-refractivity contribution in [2.75, 3.05) is 0 Å². The molecule has 0 saturated carbocycles. The molecule has 1 aromatic carbocycles. The van der Waals surface area contributed by atoms with Crippen LogP contribution in [0.4, 0.5) is 0 Å². The number of halogens is 1. The molecular formula is C18H15ClN2O3S. The van der Waals surface area contributed by atoms with Gasteiger partial charge in [0.25, 0.3) is 0 Å². The molecule has 0 fully saturated rings. The lowest BCUT2D eigenvalue weighted by Gasteiger charge is -2.09. The minimum absolute atomic E-state index is 0.405. The lowest BCUT2D eigenvalue weighted by Crippen LogP contribution is -2.11. The molecule has 0 amide bonds. The fourth-order valence-corrected chi connectivity index (χ4v) is 3.26. The first kappa shape index (κ1) is 17.5. The number of esters is 1. The first-order valence-corrected chi connectivity index (χ1v) is 8.87. The van der Waals surface area contributed by atoms with Crippen LogP contribution in [0.2, 0.25) is 5.02 Å². The fraction of sp³-hybridized carbons (Fsp3) is 0.167. The van der Waals surface area contributed by atoms with Gasteiger partial charge in [-0.25, -0.2) is 9.78 Å². The molecule has 0 aliphatic carbocycles. The number of hydrogen-bond acceptors (Lipinski definition) is 6. The molecule has 25 heavy (non-hydrogen) atoms. The summed E-state index contributed by atoms with van der Waals surface area (Å²) in [6, 6.07) is 10.4.